The van der Waals surface area contributed by atoms with Crippen LogP contribution >= 0.6 is 11.6 Å². The molecule has 2 aromatic carbocycles. The maximum Gasteiger partial charge on any atom is 0.242 e. The second-order valence-electron chi connectivity index (χ2n) is 8.92. The smallest absolute Gasteiger partial charge is 0.242 e. The first kappa shape index (κ1) is 27.8. The Balaban J connectivity index is 1.80. The van der Waals surface area contributed by atoms with Crippen molar-refractivity contribution in [2.75, 3.05) is 52.4 Å². The van der Waals surface area contributed by atoms with E-state index in [4.69, 9.17) is 25.8 Å². The predicted octanol–water partition coefficient (Wildman–Crippen LogP) is 4.96. The number of carbonyl (C=O) groups is 1. The van der Waals surface area contributed by atoms with Crippen LogP contribution in [0.15, 0.2) is 41.7 Å². The second-order valence-corrected chi connectivity index (χ2v) is 9.33. The Morgan fingerprint density at radius 3 is 2.74 bits per heavy atom. The fourth-order valence-electron chi connectivity index (χ4n) is 4.52. The average molecular weight is 544 g/mol. The van der Waals surface area contributed by atoms with Crippen LogP contribution in [0.2, 0.25) is 5.02 Å². The summed E-state index contributed by atoms with van der Waals surface area (Å²) in [6.07, 6.45) is 2.73. The van der Waals surface area contributed by atoms with Gasteiger partial charge in [-0.3, -0.25) is 9.69 Å². The van der Waals surface area contributed by atoms with Crippen LogP contribution in [-0.2, 0) is 14.3 Å². The molecule has 9 nitrogen and oxygen atoms in total. The SMILES string of the molecule is COCCOc1cc2ncnc(Nc3ccc(F)c(Cl)c3)c2cc1C1CC(=NC(C)=O)CCN1CCOC. The summed E-state index contributed by atoms with van der Waals surface area (Å²) in [6.45, 7) is 4.23. The van der Waals surface area contributed by atoms with E-state index in [1.54, 1.807) is 20.3 Å². The number of hydrogen-bond donors (Lipinski definition) is 1. The Kier molecular flexibility index (Phi) is 9.57. The van der Waals surface area contributed by atoms with Crippen molar-refractivity contribution < 1.29 is 23.4 Å². The van der Waals surface area contributed by atoms with Crippen molar-refractivity contribution >= 4 is 45.6 Å². The Hall–Kier alpha value is -3.18. The largest absolute Gasteiger partial charge is 0.491 e. The van der Waals surface area contributed by atoms with E-state index in [-0.39, 0.29) is 17.0 Å². The fourth-order valence-corrected chi connectivity index (χ4v) is 4.70. The van der Waals surface area contributed by atoms with Gasteiger partial charge in [0, 0.05) is 75.1 Å². The minimum Gasteiger partial charge on any atom is -0.491 e. The molecule has 1 aliphatic heterocycles. The molecule has 1 amide bonds. The number of nitrogens with one attached hydrogen (secondary N) is 1. The van der Waals surface area contributed by atoms with Crippen LogP contribution in [0.3, 0.4) is 0 Å². The van der Waals surface area contributed by atoms with Gasteiger partial charge in [-0.2, -0.15) is 0 Å². The third-order valence-corrected chi connectivity index (χ3v) is 6.60. The highest BCUT2D eigenvalue weighted by molar-refractivity contribution is 6.31. The van der Waals surface area contributed by atoms with Crippen LogP contribution in [0.1, 0.15) is 31.4 Å². The number of methoxy groups -OCH3 is 2. The highest BCUT2D eigenvalue weighted by Gasteiger charge is 2.30. The van der Waals surface area contributed by atoms with Gasteiger partial charge in [-0.25, -0.2) is 19.4 Å². The van der Waals surface area contributed by atoms with Gasteiger partial charge >= 0.3 is 0 Å². The van der Waals surface area contributed by atoms with Crippen molar-refractivity contribution in [1.82, 2.24) is 14.9 Å². The summed E-state index contributed by atoms with van der Waals surface area (Å²) < 4.78 is 30.4. The van der Waals surface area contributed by atoms with Crippen molar-refractivity contribution in [3.8, 4) is 5.75 Å². The molecule has 0 saturated carbocycles. The van der Waals surface area contributed by atoms with Gasteiger partial charge < -0.3 is 19.5 Å². The molecule has 1 unspecified atom stereocenters. The number of benzene rings is 2. The molecule has 38 heavy (non-hydrogen) atoms. The summed E-state index contributed by atoms with van der Waals surface area (Å²) in [4.78, 5) is 27.3. The van der Waals surface area contributed by atoms with Crippen LogP contribution < -0.4 is 10.1 Å². The number of ether oxygens (including phenoxy) is 3. The molecule has 0 aliphatic carbocycles. The molecule has 1 aromatic heterocycles. The normalized spacial score (nSPS) is 17.2. The molecule has 0 bridgehead atoms. The molecular weight excluding hydrogens is 513 g/mol. The van der Waals surface area contributed by atoms with Crippen LogP contribution in [-0.4, -0.2) is 73.6 Å². The van der Waals surface area contributed by atoms with E-state index >= 15 is 0 Å². The zero-order valence-electron chi connectivity index (χ0n) is 21.7. The van der Waals surface area contributed by atoms with Gasteiger partial charge in [0.1, 0.15) is 30.3 Å². The lowest BCUT2D eigenvalue weighted by molar-refractivity contribution is -0.115. The number of hydrogen-bond acceptors (Lipinski definition) is 8. The number of aromatic nitrogens is 2. The van der Waals surface area contributed by atoms with Crippen molar-refractivity contribution in [3.63, 3.8) is 0 Å². The summed E-state index contributed by atoms with van der Waals surface area (Å²) >= 11 is 5.99. The van der Waals surface area contributed by atoms with Gasteiger partial charge in [-0.1, -0.05) is 11.6 Å². The molecule has 202 valence electrons. The van der Waals surface area contributed by atoms with Crippen LogP contribution in [0.4, 0.5) is 15.9 Å². The van der Waals surface area contributed by atoms with Gasteiger partial charge in [0.15, 0.2) is 0 Å². The highest BCUT2D eigenvalue weighted by atomic mass is 35.5. The number of aliphatic imine (C=N–C) groups is 1. The molecule has 1 atom stereocenters. The molecule has 4 rings (SSSR count). The highest BCUT2D eigenvalue weighted by Crippen LogP contribution is 2.39. The molecular formula is C27H31ClFN5O4. The first-order valence-corrected chi connectivity index (χ1v) is 12.7. The third kappa shape index (κ3) is 6.82. The molecule has 1 N–H and O–H groups in total. The van der Waals surface area contributed by atoms with Crippen molar-refractivity contribution in [3.05, 3.63) is 53.1 Å². The van der Waals surface area contributed by atoms with Crippen molar-refractivity contribution in [1.29, 1.82) is 0 Å². The first-order valence-electron chi connectivity index (χ1n) is 12.3. The fraction of sp³-hybridized carbons (Fsp3) is 0.407. The number of anilines is 2. The number of halogens is 2. The number of amides is 1. The molecule has 1 fully saturated rings. The Morgan fingerprint density at radius 2 is 2.00 bits per heavy atom. The minimum atomic E-state index is -0.499. The lowest BCUT2D eigenvalue weighted by Gasteiger charge is -2.37. The van der Waals surface area contributed by atoms with Gasteiger partial charge in [-0.05, 0) is 30.7 Å². The quantitative estimate of drug-likeness (QED) is 0.358. The lowest BCUT2D eigenvalue weighted by Crippen LogP contribution is -2.39. The van der Waals surface area contributed by atoms with E-state index in [0.717, 1.165) is 23.2 Å². The summed E-state index contributed by atoms with van der Waals surface area (Å²) in [6, 6.07) is 8.17. The minimum absolute atomic E-state index is 0.0103. The number of fused-ring (bicyclic) bond motifs is 1. The van der Waals surface area contributed by atoms with Crippen LogP contribution in [0.5, 0.6) is 5.75 Å². The molecule has 0 spiro atoms. The van der Waals surface area contributed by atoms with E-state index < -0.39 is 5.82 Å². The number of carbonyl (C=O) groups excluding carboxylic acids is 1. The number of piperidine rings is 1. The van der Waals surface area contributed by atoms with Gasteiger partial charge in [-0.15, -0.1) is 0 Å². The zero-order valence-corrected chi connectivity index (χ0v) is 22.4. The molecule has 1 aliphatic rings. The van der Waals surface area contributed by atoms with Gasteiger partial charge in [0.05, 0.1) is 23.8 Å². The van der Waals surface area contributed by atoms with E-state index in [1.165, 1.54) is 25.4 Å². The molecule has 3 aromatic rings. The second kappa shape index (κ2) is 13.1. The molecule has 2 heterocycles. The summed E-state index contributed by atoms with van der Waals surface area (Å²) in [5, 5.41) is 4.00. The number of rotatable bonds is 10. The first-order chi connectivity index (χ1) is 18.4. The number of nitrogens with zero attached hydrogens (tertiary/aromatic N) is 4. The predicted molar refractivity (Wildman–Crippen MR) is 145 cm³/mol. The number of likely N-dealkylation sites (tertiary alicyclic amines) is 1. The zero-order chi connectivity index (χ0) is 27.1. The summed E-state index contributed by atoms with van der Waals surface area (Å²) in [5.74, 6) is 0.498. The Labute approximate surface area is 226 Å². The van der Waals surface area contributed by atoms with E-state index in [1.807, 2.05) is 12.1 Å². The topological polar surface area (TPSA) is 98.2 Å². The van der Waals surface area contributed by atoms with Crippen LogP contribution in [0.25, 0.3) is 10.9 Å². The average Bonchev–Trinajstić information content (AvgIpc) is 2.89. The summed E-state index contributed by atoms with van der Waals surface area (Å²) in [5.41, 5.74) is 3.02. The van der Waals surface area contributed by atoms with Crippen molar-refractivity contribution in [2.24, 2.45) is 4.99 Å². The van der Waals surface area contributed by atoms with E-state index in [9.17, 15) is 9.18 Å². The molecule has 11 heteroatoms. The van der Waals surface area contributed by atoms with Crippen molar-refractivity contribution in [2.45, 2.75) is 25.8 Å². The van der Waals surface area contributed by atoms with E-state index in [0.29, 0.717) is 62.0 Å². The lowest BCUT2D eigenvalue weighted by atomic mass is 9.92. The standard InChI is InChI=1S/C27H31ClFN5O4/c1-17(35)32-19-6-7-34(8-9-36-2)25(13-19)21-14-20-24(15-26(21)38-11-10-37-3)30-16-31-27(20)33-18-4-5-23(29)22(28)12-18/h4-5,12,14-16,25H,6-11,13H2,1-3H3,(H,30,31,33). The summed E-state index contributed by atoms with van der Waals surface area (Å²) in [7, 11) is 3.30. The van der Waals surface area contributed by atoms with E-state index in [2.05, 4.69) is 25.2 Å². The molecule has 1 saturated heterocycles. The van der Waals surface area contributed by atoms with Crippen LogP contribution in [0, 0.1) is 5.82 Å². The monoisotopic (exact) mass is 543 g/mol. The van der Waals surface area contributed by atoms with Gasteiger partial charge in [0.2, 0.25) is 5.91 Å². The third-order valence-electron chi connectivity index (χ3n) is 6.31. The maximum absolute atomic E-state index is 13.7. The Bertz CT molecular complexity index is 1320. The Morgan fingerprint density at radius 1 is 1.18 bits per heavy atom. The maximum atomic E-state index is 13.7. The van der Waals surface area contributed by atoms with Gasteiger partial charge in [0.25, 0.3) is 0 Å². The molecule has 0 radical (unpaired) electrons.